The minimum atomic E-state index is -3.72. The van der Waals surface area contributed by atoms with Crippen molar-refractivity contribution in [1.29, 1.82) is 0 Å². The van der Waals surface area contributed by atoms with E-state index in [4.69, 9.17) is 4.74 Å². The van der Waals surface area contributed by atoms with E-state index in [-0.39, 0.29) is 29.4 Å². The van der Waals surface area contributed by atoms with Gasteiger partial charge in [-0.05, 0) is 49.8 Å². The zero-order chi connectivity index (χ0) is 17.6. The quantitative estimate of drug-likeness (QED) is 0.779. The highest BCUT2D eigenvalue weighted by Crippen LogP contribution is 2.41. The van der Waals surface area contributed by atoms with Gasteiger partial charge in [0.2, 0.25) is 15.9 Å². The lowest BCUT2D eigenvalue weighted by molar-refractivity contribution is -0.119. The van der Waals surface area contributed by atoms with E-state index in [0.29, 0.717) is 29.7 Å². The van der Waals surface area contributed by atoms with Gasteiger partial charge in [0, 0.05) is 30.1 Å². The number of rotatable bonds is 5. The molecule has 1 N–H and O–H groups in total. The van der Waals surface area contributed by atoms with Gasteiger partial charge in [-0.2, -0.15) is 0 Å². The Balaban J connectivity index is 1.65. The van der Waals surface area contributed by atoms with Gasteiger partial charge in [-0.3, -0.25) is 4.79 Å². The molecule has 0 spiro atoms. The SMILES string of the molecule is O=C(C1CC1)N1CCc2cc(Br)cc(S(=O)(=O)NCC3CCCO3)c21. The van der Waals surface area contributed by atoms with Crippen LogP contribution in [0.1, 0.15) is 31.2 Å². The molecular formula is C17H21BrN2O4S. The average molecular weight is 429 g/mol. The average Bonchev–Trinajstić information content (AvgIpc) is 3.13. The molecular weight excluding hydrogens is 408 g/mol. The van der Waals surface area contributed by atoms with Crippen LogP contribution in [0.2, 0.25) is 0 Å². The van der Waals surface area contributed by atoms with Crippen molar-refractivity contribution >= 4 is 37.5 Å². The van der Waals surface area contributed by atoms with Crippen LogP contribution in [-0.4, -0.2) is 40.1 Å². The van der Waals surface area contributed by atoms with E-state index in [1.54, 1.807) is 11.0 Å². The molecule has 2 fully saturated rings. The third-order valence-electron chi connectivity index (χ3n) is 5.00. The van der Waals surface area contributed by atoms with Gasteiger partial charge in [0.15, 0.2) is 0 Å². The van der Waals surface area contributed by atoms with Crippen molar-refractivity contribution in [3.05, 3.63) is 22.2 Å². The summed E-state index contributed by atoms with van der Waals surface area (Å²) >= 11 is 3.40. The van der Waals surface area contributed by atoms with E-state index in [2.05, 4.69) is 20.7 Å². The highest BCUT2D eigenvalue weighted by atomic mass is 79.9. The maximum atomic E-state index is 12.9. The molecule has 2 aliphatic heterocycles. The fourth-order valence-electron chi connectivity index (χ4n) is 3.53. The largest absolute Gasteiger partial charge is 0.377 e. The van der Waals surface area contributed by atoms with Gasteiger partial charge in [-0.1, -0.05) is 15.9 Å². The first-order valence-electron chi connectivity index (χ1n) is 8.71. The van der Waals surface area contributed by atoms with Crippen LogP contribution in [0.15, 0.2) is 21.5 Å². The lowest BCUT2D eigenvalue weighted by Gasteiger charge is -2.21. The van der Waals surface area contributed by atoms with Gasteiger partial charge >= 0.3 is 0 Å². The summed E-state index contributed by atoms with van der Waals surface area (Å²) in [5.41, 5.74) is 1.46. The van der Waals surface area contributed by atoms with E-state index in [1.165, 1.54) is 0 Å². The maximum Gasteiger partial charge on any atom is 0.242 e. The van der Waals surface area contributed by atoms with E-state index < -0.39 is 10.0 Å². The summed E-state index contributed by atoms with van der Waals surface area (Å²) in [4.78, 5) is 14.4. The van der Waals surface area contributed by atoms with Crippen molar-refractivity contribution in [2.24, 2.45) is 5.92 Å². The Morgan fingerprint density at radius 1 is 1.32 bits per heavy atom. The predicted octanol–water partition coefficient (Wildman–Crippen LogP) is 2.21. The van der Waals surface area contributed by atoms with Crippen molar-refractivity contribution in [2.45, 2.75) is 43.1 Å². The van der Waals surface area contributed by atoms with Gasteiger partial charge in [0.25, 0.3) is 0 Å². The van der Waals surface area contributed by atoms with Gasteiger partial charge in [0.05, 0.1) is 11.8 Å². The number of benzene rings is 1. The van der Waals surface area contributed by atoms with Crippen molar-refractivity contribution in [1.82, 2.24) is 4.72 Å². The second-order valence-electron chi connectivity index (χ2n) is 6.91. The fourth-order valence-corrected chi connectivity index (χ4v) is 5.53. The van der Waals surface area contributed by atoms with E-state index in [9.17, 15) is 13.2 Å². The first kappa shape index (κ1) is 17.5. The van der Waals surface area contributed by atoms with Crippen LogP contribution >= 0.6 is 15.9 Å². The van der Waals surface area contributed by atoms with Gasteiger partial charge in [0.1, 0.15) is 4.90 Å². The topological polar surface area (TPSA) is 75.7 Å². The Bertz CT molecular complexity index is 801. The molecule has 1 saturated heterocycles. The molecule has 1 unspecified atom stereocenters. The third kappa shape index (κ3) is 3.49. The highest BCUT2D eigenvalue weighted by molar-refractivity contribution is 9.10. The summed E-state index contributed by atoms with van der Waals surface area (Å²) in [6, 6.07) is 3.50. The first-order chi connectivity index (χ1) is 12.0. The van der Waals surface area contributed by atoms with Crippen molar-refractivity contribution in [2.75, 3.05) is 24.6 Å². The molecule has 1 aromatic carbocycles. The normalized spacial score (nSPS) is 23.1. The standard InChI is InChI=1S/C17H21BrN2O4S/c18-13-8-12-5-6-20(17(21)11-3-4-11)16(12)15(9-13)25(22,23)19-10-14-2-1-7-24-14/h8-9,11,14,19H,1-7,10H2. The van der Waals surface area contributed by atoms with Crippen LogP contribution < -0.4 is 9.62 Å². The van der Waals surface area contributed by atoms with Gasteiger partial charge in [-0.25, -0.2) is 13.1 Å². The number of fused-ring (bicyclic) bond motifs is 1. The molecule has 1 aromatic rings. The van der Waals surface area contributed by atoms with E-state index in [1.807, 2.05) is 6.07 Å². The zero-order valence-corrected chi connectivity index (χ0v) is 16.2. The number of anilines is 1. The molecule has 0 bridgehead atoms. The van der Waals surface area contributed by atoms with Crippen LogP contribution in [-0.2, 0) is 26.0 Å². The number of halogens is 1. The molecule has 1 aliphatic carbocycles. The minimum Gasteiger partial charge on any atom is -0.377 e. The maximum absolute atomic E-state index is 12.9. The molecule has 4 rings (SSSR count). The van der Waals surface area contributed by atoms with Crippen LogP contribution in [0.5, 0.6) is 0 Å². The Morgan fingerprint density at radius 3 is 2.80 bits per heavy atom. The predicted molar refractivity (Wildman–Crippen MR) is 97.1 cm³/mol. The van der Waals surface area contributed by atoms with Crippen molar-refractivity contribution in [3.63, 3.8) is 0 Å². The number of sulfonamides is 1. The second kappa shape index (κ2) is 6.64. The number of ether oxygens (including phenoxy) is 1. The number of nitrogens with zero attached hydrogens (tertiary/aromatic N) is 1. The molecule has 8 heteroatoms. The zero-order valence-electron chi connectivity index (χ0n) is 13.8. The molecule has 6 nitrogen and oxygen atoms in total. The monoisotopic (exact) mass is 428 g/mol. The van der Waals surface area contributed by atoms with E-state index in [0.717, 1.165) is 31.2 Å². The molecule has 25 heavy (non-hydrogen) atoms. The van der Waals surface area contributed by atoms with E-state index >= 15 is 0 Å². The molecule has 2 heterocycles. The van der Waals surface area contributed by atoms with Crippen LogP contribution in [0, 0.1) is 5.92 Å². The summed E-state index contributed by atoms with van der Waals surface area (Å²) in [7, 11) is -3.72. The molecule has 1 amide bonds. The first-order valence-corrected chi connectivity index (χ1v) is 11.0. The van der Waals surface area contributed by atoms with Crippen LogP contribution in [0.4, 0.5) is 5.69 Å². The fraction of sp³-hybridized carbons (Fsp3) is 0.588. The van der Waals surface area contributed by atoms with Gasteiger partial charge < -0.3 is 9.64 Å². The molecule has 1 saturated carbocycles. The molecule has 3 aliphatic rings. The number of carbonyl (C=O) groups excluding carboxylic acids is 1. The Labute approximate surface area is 156 Å². The summed E-state index contributed by atoms with van der Waals surface area (Å²) in [6.45, 7) is 1.50. The lowest BCUT2D eigenvalue weighted by atomic mass is 10.2. The van der Waals surface area contributed by atoms with Gasteiger partial charge in [-0.15, -0.1) is 0 Å². The number of hydrogen-bond donors (Lipinski definition) is 1. The summed E-state index contributed by atoms with van der Waals surface area (Å²) in [6.07, 6.45) is 4.25. The lowest BCUT2D eigenvalue weighted by Crippen LogP contribution is -2.35. The summed E-state index contributed by atoms with van der Waals surface area (Å²) in [5, 5.41) is 0. The van der Waals surface area contributed by atoms with Crippen molar-refractivity contribution in [3.8, 4) is 0 Å². The Morgan fingerprint density at radius 2 is 2.12 bits per heavy atom. The number of carbonyl (C=O) groups is 1. The Hall–Kier alpha value is -0.960. The number of nitrogens with one attached hydrogen (secondary N) is 1. The minimum absolute atomic E-state index is 0.0525. The summed E-state index contributed by atoms with van der Waals surface area (Å²) < 4.78 is 34.7. The number of hydrogen-bond acceptors (Lipinski definition) is 4. The van der Waals surface area contributed by atoms with Crippen LogP contribution in [0.25, 0.3) is 0 Å². The second-order valence-corrected chi connectivity index (χ2v) is 9.56. The molecule has 0 radical (unpaired) electrons. The molecule has 136 valence electrons. The highest BCUT2D eigenvalue weighted by Gasteiger charge is 2.39. The smallest absolute Gasteiger partial charge is 0.242 e. The summed E-state index contributed by atoms with van der Waals surface area (Å²) in [5.74, 6) is 0.113. The Kier molecular flexibility index (Phi) is 4.64. The molecule has 1 atom stereocenters. The molecule has 0 aromatic heterocycles. The van der Waals surface area contributed by atoms with Crippen LogP contribution in [0.3, 0.4) is 0 Å². The van der Waals surface area contributed by atoms with Crippen molar-refractivity contribution < 1.29 is 17.9 Å². The third-order valence-corrected chi connectivity index (χ3v) is 6.90. The number of amides is 1.